The monoisotopic (exact) mass is 755 g/mol. The van der Waals surface area contributed by atoms with Crippen LogP contribution in [0.4, 0.5) is 0 Å². The molecule has 1 spiro atoms. The summed E-state index contributed by atoms with van der Waals surface area (Å²) >= 11 is 0. The molecule has 1 aromatic heterocycles. The molecule has 1 aromatic carbocycles. The summed E-state index contributed by atoms with van der Waals surface area (Å²) in [5, 5.41) is 3.83. The lowest BCUT2D eigenvalue weighted by molar-refractivity contribution is -0.142. The van der Waals surface area contributed by atoms with E-state index in [1.807, 2.05) is 44.2 Å². The molecule has 3 N–H and O–H groups in total. The molecule has 0 radical (unpaired) electrons. The van der Waals surface area contributed by atoms with E-state index in [2.05, 4.69) is 14.8 Å². The first kappa shape index (κ1) is 37.9. The number of hydrogen-bond acceptors (Lipinski definition) is 9. The van der Waals surface area contributed by atoms with Crippen molar-refractivity contribution in [3.05, 3.63) is 59.8 Å². The van der Waals surface area contributed by atoms with Gasteiger partial charge in [-0.1, -0.05) is 75.1 Å². The van der Waals surface area contributed by atoms with Crippen molar-refractivity contribution in [1.82, 2.24) is 24.6 Å². The molecule has 3 aliphatic heterocycles. The highest BCUT2D eigenvalue weighted by atomic mass is 32.2. The number of aromatic nitrogens is 1. The molecule has 52 heavy (non-hydrogen) atoms. The van der Waals surface area contributed by atoms with Crippen LogP contribution < -0.4 is 19.5 Å². The molecule has 0 bridgehead atoms. The number of aryl methyl sites for hydroxylation is 2. The largest absolute Gasteiger partial charge is 0.483 e. The molecule has 0 saturated carbocycles. The van der Waals surface area contributed by atoms with Crippen molar-refractivity contribution in [2.75, 3.05) is 18.6 Å². The number of unbranched alkanes of at least 4 members (excludes halogenated alkanes) is 2. The van der Waals surface area contributed by atoms with Crippen molar-refractivity contribution in [3.63, 3.8) is 0 Å². The second-order valence-corrected chi connectivity index (χ2v) is 18.3. The fraction of sp³-hybridized carbons (Fsp3) is 0.568. The molecule has 1 aliphatic carbocycles. The summed E-state index contributed by atoms with van der Waals surface area (Å²) in [5.74, 6) is -2.37. The van der Waals surface area contributed by atoms with E-state index in [-0.39, 0.29) is 25.1 Å². The summed E-state index contributed by atoms with van der Waals surface area (Å²) in [4.78, 5) is 49.1. The lowest BCUT2D eigenvalue weighted by Crippen LogP contribution is -2.67. The second kappa shape index (κ2) is 14.9. The van der Waals surface area contributed by atoms with E-state index in [9.17, 15) is 31.2 Å². The maximum Gasteiger partial charge on any atom is 0.264 e. The molecule has 6 rings (SSSR count). The molecule has 4 aliphatic rings. The summed E-state index contributed by atoms with van der Waals surface area (Å²) in [6.45, 7) is 3.81. The van der Waals surface area contributed by atoms with Gasteiger partial charge in [-0.15, -0.1) is 0 Å². The Morgan fingerprint density at radius 2 is 1.88 bits per heavy atom. The summed E-state index contributed by atoms with van der Waals surface area (Å²) in [5.41, 5.74) is -0.215. The van der Waals surface area contributed by atoms with Crippen LogP contribution in [-0.4, -0.2) is 86.2 Å². The number of fused-ring (bicyclic) bond motifs is 5. The number of rotatable bonds is 8. The predicted octanol–water partition coefficient (Wildman–Crippen LogP) is 3.32. The van der Waals surface area contributed by atoms with Gasteiger partial charge in [-0.2, -0.15) is 0 Å². The highest BCUT2D eigenvalue weighted by molar-refractivity contribution is 7.90. The van der Waals surface area contributed by atoms with Crippen LogP contribution in [0.3, 0.4) is 0 Å². The van der Waals surface area contributed by atoms with E-state index in [4.69, 9.17) is 9.72 Å². The molecule has 15 heteroatoms. The molecule has 282 valence electrons. The zero-order chi connectivity index (χ0) is 37.3. The Kier molecular flexibility index (Phi) is 10.9. The molecular weight excluding hydrogens is 707 g/mol. The van der Waals surface area contributed by atoms with Crippen LogP contribution in [0.1, 0.15) is 82.4 Å². The number of allylic oxidation sites excluding steroid dienone is 1. The number of carbonyl (C=O) groups excluding carboxylic acids is 3. The Morgan fingerprint density at radius 3 is 2.62 bits per heavy atom. The molecule has 5 atom stereocenters. The van der Waals surface area contributed by atoms with E-state index in [1.165, 1.54) is 11.0 Å². The maximum absolute atomic E-state index is 14.6. The minimum atomic E-state index is -4.00. The molecule has 3 amide bonds. The average Bonchev–Trinajstić information content (AvgIpc) is 3.44. The first-order chi connectivity index (χ1) is 24.7. The number of nitrogens with zero attached hydrogens (tertiary/aromatic N) is 2. The number of benzene rings is 1. The normalized spacial score (nSPS) is 28.8. The third-order valence-corrected chi connectivity index (χ3v) is 12.7. The van der Waals surface area contributed by atoms with Gasteiger partial charge in [0.1, 0.15) is 29.0 Å². The molecule has 0 unspecified atom stereocenters. The number of amides is 3. The summed E-state index contributed by atoms with van der Waals surface area (Å²) in [6, 6.07) is 5.52. The average molecular weight is 756 g/mol. The van der Waals surface area contributed by atoms with E-state index < -0.39 is 66.9 Å². The zero-order valence-corrected chi connectivity index (χ0v) is 31.7. The van der Waals surface area contributed by atoms with E-state index in [0.29, 0.717) is 56.4 Å². The minimum absolute atomic E-state index is 0.00173. The van der Waals surface area contributed by atoms with Crippen molar-refractivity contribution in [2.45, 2.75) is 108 Å². The molecular formula is C37H49N5O8S2. The molecule has 4 heterocycles. The molecule has 1 fully saturated rings. The lowest BCUT2D eigenvalue weighted by Gasteiger charge is -2.42. The number of sulfonamides is 2. The summed E-state index contributed by atoms with van der Waals surface area (Å²) < 4.78 is 62.5. The molecule has 2 aromatic rings. The number of pyridine rings is 1. The lowest BCUT2D eigenvalue weighted by atomic mass is 9.73. The van der Waals surface area contributed by atoms with Gasteiger partial charge in [-0.05, 0) is 51.5 Å². The van der Waals surface area contributed by atoms with Crippen LogP contribution in [0.15, 0.2) is 48.6 Å². The smallest absolute Gasteiger partial charge is 0.264 e. The van der Waals surface area contributed by atoms with E-state index >= 15 is 0 Å². The van der Waals surface area contributed by atoms with Gasteiger partial charge in [0, 0.05) is 23.3 Å². The topological polar surface area (TPSA) is 181 Å². The first-order valence-electron chi connectivity index (χ1n) is 18.2. The standard InChI is InChI=1S/C37H49N5O8S2/c1-4-5-13-22-52(48,49)41-35(45)37-21-18-26(37)14-9-7-6-8-10-17-30(40-51(3,46)47)34(44)42-24-36(23-31(42)33(43)39-37)20-19-28-27-15-11-12-16-29(27)38-25(2)32(28)50-36/h9,11-12,14-16,18,21,26,30-31,40H,4-8,10,13,17,19-20,22-24H2,1-3H3,(H,39,43)(H,41,45)/b14-9-/t26-,30+,31+,36-,37-/m1/s1. The highest BCUT2D eigenvalue weighted by Gasteiger charge is 2.56. The highest BCUT2D eigenvalue weighted by Crippen LogP contribution is 2.45. The van der Waals surface area contributed by atoms with Crippen LogP contribution in [0.25, 0.3) is 10.9 Å². The quantitative estimate of drug-likeness (QED) is 0.269. The van der Waals surface area contributed by atoms with Gasteiger partial charge in [-0.3, -0.25) is 19.1 Å². The Morgan fingerprint density at radius 1 is 1.10 bits per heavy atom. The van der Waals surface area contributed by atoms with Crippen molar-refractivity contribution >= 4 is 48.7 Å². The van der Waals surface area contributed by atoms with Crippen LogP contribution in [-0.2, 0) is 40.9 Å². The Balaban J connectivity index is 1.37. The number of nitrogens with one attached hydrogen (secondary N) is 3. The van der Waals surface area contributed by atoms with Crippen LogP contribution >= 0.6 is 0 Å². The fourth-order valence-corrected chi connectivity index (χ4v) is 9.80. The number of hydrogen-bond donors (Lipinski definition) is 3. The predicted molar refractivity (Wildman–Crippen MR) is 197 cm³/mol. The number of ether oxygens (including phenoxy) is 1. The van der Waals surface area contributed by atoms with Crippen LogP contribution in [0.5, 0.6) is 5.75 Å². The number of carbonyl (C=O) groups is 3. The van der Waals surface area contributed by atoms with Gasteiger partial charge < -0.3 is 15.0 Å². The number of para-hydroxylation sites is 1. The second-order valence-electron chi connectivity index (χ2n) is 14.7. The Bertz CT molecular complexity index is 2020. The van der Waals surface area contributed by atoms with Gasteiger partial charge in [0.05, 0.1) is 29.8 Å². The van der Waals surface area contributed by atoms with Crippen molar-refractivity contribution in [2.24, 2.45) is 5.92 Å². The third kappa shape index (κ3) is 7.91. The van der Waals surface area contributed by atoms with Crippen LogP contribution in [0.2, 0.25) is 0 Å². The van der Waals surface area contributed by atoms with Gasteiger partial charge in [-0.25, -0.2) is 26.5 Å². The summed E-state index contributed by atoms with van der Waals surface area (Å²) in [7, 11) is -7.80. The first-order valence-corrected chi connectivity index (χ1v) is 21.8. The summed E-state index contributed by atoms with van der Waals surface area (Å²) in [6.07, 6.45) is 13.8. The zero-order valence-electron chi connectivity index (χ0n) is 30.0. The van der Waals surface area contributed by atoms with Crippen molar-refractivity contribution in [1.29, 1.82) is 0 Å². The van der Waals surface area contributed by atoms with E-state index in [0.717, 1.165) is 35.6 Å². The van der Waals surface area contributed by atoms with Crippen LogP contribution in [0, 0.1) is 12.8 Å². The van der Waals surface area contributed by atoms with Gasteiger partial charge in [0.25, 0.3) is 5.91 Å². The van der Waals surface area contributed by atoms with Gasteiger partial charge in [0.2, 0.25) is 31.9 Å². The Hall–Kier alpha value is -3.82. The van der Waals surface area contributed by atoms with Gasteiger partial charge >= 0.3 is 0 Å². The maximum atomic E-state index is 14.6. The van der Waals surface area contributed by atoms with E-state index in [1.54, 1.807) is 12.2 Å². The third-order valence-electron chi connectivity index (χ3n) is 10.7. The molecule has 1 saturated heterocycles. The minimum Gasteiger partial charge on any atom is -0.483 e. The van der Waals surface area contributed by atoms with Gasteiger partial charge in [0.15, 0.2) is 0 Å². The fourth-order valence-electron chi connectivity index (χ4n) is 7.92. The molecule has 13 nitrogen and oxygen atoms in total. The Labute approximate surface area is 306 Å². The SMILES string of the molecule is CCCCCS(=O)(=O)NC(=O)[C@@]12C=C[C@H]1/C=C\CCCCC[C@H](NS(C)(=O)=O)C(=O)N1C[C@@]3(CCc4c(c(C)nc5ccccc45)O3)C[C@H]1C(=O)N2. The van der Waals surface area contributed by atoms with Crippen molar-refractivity contribution < 1.29 is 36.0 Å². The van der Waals surface area contributed by atoms with Crippen molar-refractivity contribution in [3.8, 4) is 5.75 Å².